The predicted octanol–water partition coefficient (Wildman–Crippen LogP) is 4.10. The summed E-state index contributed by atoms with van der Waals surface area (Å²) >= 11 is 0. The smallest absolute Gasteiger partial charge is 0.0479 e. The molecule has 0 amide bonds. The Bertz CT molecular complexity index is 163. The molecule has 1 unspecified atom stereocenters. The van der Waals surface area contributed by atoms with E-state index in [1.807, 2.05) is 0 Å². The lowest BCUT2D eigenvalue weighted by atomic mass is 10.00. The van der Waals surface area contributed by atoms with Crippen LogP contribution in [0.3, 0.4) is 0 Å². The summed E-state index contributed by atoms with van der Waals surface area (Å²) < 4.78 is 5.56. The zero-order chi connectivity index (χ0) is 13.6. The zero-order valence-corrected chi connectivity index (χ0v) is 12.7. The number of hydrogen-bond acceptors (Lipinski definition) is 3. The minimum atomic E-state index is 0.687. The van der Waals surface area contributed by atoms with Crippen LogP contribution in [0.25, 0.3) is 0 Å². The molecule has 0 aliphatic heterocycles. The first kappa shape index (κ1) is 17.9. The normalized spacial score (nSPS) is 13.2. The van der Waals surface area contributed by atoms with Crippen LogP contribution in [-0.4, -0.2) is 37.1 Å². The number of hydroxylamine groups is 2. The van der Waals surface area contributed by atoms with Crippen molar-refractivity contribution >= 4 is 0 Å². The number of unbranched alkanes of at least 4 members (excludes halogenated alkanes) is 4. The molecule has 1 atom stereocenters. The fourth-order valence-corrected chi connectivity index (χ4v) is 2.02. The summed E-state index contributed by atoms with van der Waals surface area (Å²) in [7, 11) is 1.67. The van der Waals surface area contributed by atoms with Gasteiger partial charge in [0.1, 0.15) is 0 Å². The van der Waals surface area contributed by atoms with Gasteiger partial charge in [0.2, 0.25) is 0 Å². The minimum Gasteiger partial charge on any atom is -0.381 e. The van der Waals surface area contributed by atoms with Gasteiger partial charge in [-0.05, 0) is 18.8 Å². The largest absolute Gasteiger partial charge is 0.381 e. The highest BCUT2D eigenvalue weighted by molar-refractivity contribution is 4.54. The Kier molecular flexibility index (Phi) is 13.2. The summed E-state index contributed by atoms with van der Waals surface area (Å²) in [5.41, 5.74) is 0. The molecule has 0 aromatic carbocycles. The van der Waals surface area contributed by atoms with Gasteiger partial charge in [-0.15, -0.1) is 0 Å². The van der Waals surface area contributed by atoms with Crippen molar-refractivity contribution in [3.05, 3.63) is 0 Å². The van der Waals surface area contributed by atoms with E-state index >= 15 is 0 Å². The first-order valence-corrected chi connectivity index (χ1v) is 7.64. The maximum atomic E-state index is 8.93. The van der Waals surface area contributed by atoms with E-state index in [9.17, 15) is 0 Å². The highest BCUT2D eigenvalue weighted by Crippen LogP contribution is 2.14. The molecule has 0 radical (unpaired) electrons. The second kappa shape index (κ2) is 13.3. The SMILES string of the molecule is CCCCCCCC(C)CCOCCCN(C)O. The molecule has 0 saturated carbocycles. The van der Waals surface area contributed by atoms with E-state index in [0.717, 1.165) is 25.6 Å². The van der Waals surface area contributed by atoms with Crippen molar-refractivity contribution in [1.29, 1.82) is 0 Å². The molecule has 0 aromatic heterocycles. The van der Waals surface area contributed by atoms with Gasteiger partial charge in [0.05, 0.1) is 0 Å². The Morgan fingerprint density at radius 3 is 2.39 bits per heavy atom. The first-order chi connectivity index (χ1) is 8.66. The molecule has 3 heteroatoms. The number of nitrogens with zero attached hydrogens (tertiary/aromatic N) is 1. The van der Waals surface area contributed by atoms with Crippen LogP contribution in [0.4, 0.5) is 0 Å². The van der Waals surface area contributed by atoms with E-state index in [0.29, 0.717) is 6.54 Å². The van der Waals surface area contributed by atoms with Crippen molar-refractivity contribution in [2.45, 2.75) is 65.2 Å². The third-order valence-corrected chi connectivity index (χ3v) is 3.33. The second-order valence-electron chi connectivity index (χ2n) is 5.44. The Morgan fingerprint density at radius 1 is 1.00 bits per heavy atom. The lowest BCUT2D eigenvalue weighted by Crippen LogP contribution is -2.16. The van der Waals surface area contributed by atoms with Gasteiger partial charge in [0, 0.05) is 26.8 Å². The van der Waals surface area contributed by atoms with Gasteiger partial charge in [-0.2, -0.15) is 5.06 Å². The second-order valence-corrected chi connectivity index (χ2v) is 5.44. The van der Waals surface area contributed by atoms with Gasteiger partial charge in [-0.1, -0.05) is 52.4 Å². The fraction of sp³-hybridized carbons (Fsp3) is 1.00. The van der Waals surface area contributed by atoms with E-state index in [4.69, 9.17) is 9.94 Å². The van der Waals surface area contributed by atoms with Crippen molar-refractivity contribution in [2.75, 3.05) is 26.8 Å². The number of ether oxygens (including phenoxy) is 1. The first-order valence-electron chi connectivity index (χ1n) is 7.64. The van der Waals surface area contributed by atoms with Crippen molar-refractivity contribution in [2.24, 2.45) is 5.92 Å². The van der Waals surface area contributed by atoms with Crippen LogP contribution in [-0.2, 0) is 4.74 Å². The van der Waals surface area contributed by atoms with Crippen LogP contribution in [0, 0.1) is 5.92 Å². The topological polar surface area (TPSA) is 32.7 Å². The standard InChI is InChI=1S/C15H33NO2/c1-4-5-6-7-8-10-15(2)11-14-18-13-9-12-16(3)17/h15,17H,4-14H2,1-3H3. The number of hydrogen-bond donors (Lipinski definition) is 1. The van der Waals surface area contributed by atoms with E-state index in [1.165, 1.54) is 50.0 Å². The quantitative estimate of drug-likeness (QED) is 0.399. The van der Waals surface area contributed by atoms with E-state index in [1.54, 1.807) is 7.05 Å². The summed E-state index contributed by atoms with van der Waals surface area (Å²) in [6.45, 7) is 6.89. The summed E-state index contributed by atoms with van der Waals surface area (Å²) in [6, 6.07) is 0. The Balaban J connectivity index is 3.14. The fourth-order valence-electron chi connectivity index (χ4n) is 2.02. The van der Waals surface area contributed by atoms with E-state index in [-0.39, 0.29) is 0 Å². The number of rotatable bonds is 13. The molecule has 0 aliphatic carbocycles. The molecule has 0 rings (SSSR count). The molecular formula is C15H33NO2. The molecule has 0 heterocycles. The molecule has 0 fully saturated rings. The molecule has 0 spiro atoms. The Hall–Kier alpha value is -0.120. The Morgan fingerprint density at radius 2 is 1.72 bits per heavy atom. The maximum absolute atomic E-state index is 8.93. The molecule has 1 N–H and O–H groups in total. The van der Waals surface area contributed by atoms with Gasteiger partial charge in [0.15, 0.2) is 0 Å². The van der Waals surface area contributed by atoms with Crippen LogP contribution in [0.5, 0.6) is 0 Å². The lowest BCUT2D eigenvalue weighted by molar-refractivity contribution is -0.0695. The summed E-state index contributed by atoms with van der Waals surface area (Å²) in [6.07, 6.45) is 10.3. The molecule has 3 nitrogen and oxygen atoms in total. The average Bonchev–Trinajstić information content (AvgIpc) is 2.33. The highest BCUT2D eigenvalue weighted by atomic mass is 16.5. The molecule has 0 aliphatic rings. The highest BCUT2D eigenvalue weighted by Gasteiger charge is 2.02. The van der Waals surface area contributed by atoms with Gasteiger partial charge in [-0.3, -0.25) is 0 Å². The van der Waals surface area contributed by atoms with Crippen molar-refractivity contribution < 1.29 is 9.94 Å². The minimum absolute atomic E-state index is 0.687. The maximum Gasteiger partial charge on any atom is 0.0479 e. The summed E-state index contributed by atoms with van der Waals surface area (Å²) in [5.74, 6) is 0.784. The summed E-state index contributed by atoms with van der Waals surface area (Å²) in [4.78, 5) is 0. The molecule has 0 bridgehead atoms. The zero-order valence-electron chi connectivity index (χ0n) is 12.7. The van der Waals surface area contributed by atoms with Gasteiger partial charge >= 0.3 is 0 Å². The van der Waals surface area contributed by atoms with Gasteiger partial charge in [0.25, 0.3) is 0 Å². The van der Waals surface area contributed by atoms with Gasteiger partial charge in [-0.25, -0.2) is 0 Å². The monoisotopic (exact) mass is 259 g/mol. The van der Waals surface area contributed by atoms with Gasteiger partial charge < -0.3 is 9.94 Å². The lowest BCUT2D eigenvalue weighted by Gasteiger charge is -2.12. The van der Waals surface area contributed by atoms with Crippen LogP contribution >= 0.6 is 0 Å². The van der Waals surface area contributed by atoms with Crippen molar-refractivity contribution in [1.82, 2.24) is 5.06 Å². The Labute approximate surface area is 113 Å². The van der Waals surface area contributed by atoms with Crippen molar-refractivity contribution in [3.8, 4) is 0 Å². The summed E-state index contributed by atoms with van der Waals surface area (Å²) in [5, 5.41) is 10.1. The predicted molar refractivity (Wildman–Crippen MR) is 77.0 cm³/mol. The van der Waals surface area contributed by atoms with Crippen LogP contribution in [0.15, 0.2) is 0 Å². The molecule has 0 aromatic rings. The van der Waals surface area contributed by atoms with Crippen molar-refractivity contribution in [3.63, 3.8) is 0 Å². The molecule has 110 valence electrons. The van der Waals surface area contributed by atoms with E-state index in [2.05, 4.69) is 13.8 Å². The van der Waals surface area contributed by atoms with E-state index < -0.39 is 0 Å². The molecule has 18 heavy (non-hydrogen) atoms. The molecule has 0 saturated heterocycles. The van der Waals surface area contributed by atoms with Crippen LogP contribution in [0.2, 0.25) is 0 Å². The van der Waals surface area contributed by atoms with Crippen LogP contribution < -0.4 is 0 Å². The third kappa shape index (κ3) is 13.9. The average molecular weight is 259 g/mol. The molecular weight excluding hydrogens is 226 g/mol. The van der Waals surface area contributed by atoms with Crippen LogP contribution in [0.1, 0.15) is 65.2 Å². The third-order valence-electron chi connectivity index (χ3n) is 3.33.